The van der Waals surface area contributed by atoms with Crippen molar-refractivity contribution in [1.29, 1.82) is 0 Å². The summed E-state index contributed by atoms with van der Waals surface area (Å²) in [5, 5.41) is 16.4. The van der Waals surface area contributed by atoms with Crippen molar-refractivity contribution in [2.24, 2.45) is 10.9 Å². The predicted octanol–water partition coefficient (Wildman–Crippen LogP) is 3.08. The van der Waals surface area contributed by atoms with Crippen LogP contribution in [0, 0.1) is 5.92 Å². The number of ether oxygens (including phenoxy) is 1. The number of benzene rings is 1. The van der Waals surface area contributed by atoms with Gasteiger partial charge in [-0.1, -0.05) is 26.0 Å². The predicted molar refractivity (Wildman–Crippen MR) is 103 cm³/mol. The van der Waals surface area contributed by atoms with Crippen LogP contribution in [0.25, 0.3) is 0 Å². The summed E-state index contributed by atoms with van der Waals surface area (Å²) in [5.74, 6) is 2.26. The van der Waals surface area contributed by atoms with Crippen molar-refractivity contribution in [2.75, 3.05) is 13.2 Å². The highest BCUT2D eigenvalue weighted by molar-refractivity contribution is 5.80. The van der Waals surface area contributed by atoms with E-state index in [0.717, 1.165) is 56.1 Å². The lowest BCUT2D eigenvalue weighted by molar-refractivity contribution is 0.120. The summed E-state index contributed by atoms with van der Waals surface area (Å²) >= 11 is 0. The second-order valence-corrected chi connectivity index (χ2v) is 7.20. The van der Waals surface area contributed by atoms with Crippen LogP contribution >= 0.6 is 0 Å². The number of aliphatic hydroxyl groups excluding tert-OH is 1. The van der Waals surface area contributed by atoms with Crippen LogP contribution in [0.3, 0.4) is 0 Å². The summed E-state index contributed by atoms with van der Waals surface area (Å²) < 4.78 is 5.79. The minimum Gasteiger partial charge on any atom is -0.493 e. The van der Waals surface area contributed by atoms with Crippen LogP contribution < -0.4 is 15.4 Å². The molecule has 0 aliphatic heterocycles. The maximum absolute atomic E-state index is 9.63. The zero-order valence-corrected chi connectivity index (χ0v) is 15.8. The minimum atomic E-state index is -0.133. The van der Waals surface area contributed by atoms with Crippen molar-refractivity contribution >= 4 is 5.96 Å². The molecule has 1 saturated carbocycles. The summed E-state index contributed by atoms with van der Waals surface area (Å²) in [5.41, 5.74) is 1.14. The van der Waals surface area contributed by atoms with Crippen molar-refractivity contribution in [2.45, 2.75) is 65.1 Å². The summed E-state index contributed by atoms with van der Waals surface area (Å²) in [4.78, 5) is 4.71. The molecule has 0 bridgehead atoms. The van der Waals surface area contributed by atoms with Crippen LogP contribution in [0.5, 0.6) is 5.75 Å². The topological polar surface area (TPSA) is 65.9 Å². The Labute approximate surface area is 151 Å². The van der Waals surface area contributed by atoms with Gasteiger partial charge >= 0.3 is 0 Å². The summed E-state index contributed by atoms with van der Waals surface area (Å²) in [6.07, 6.45) is 3.58. The Hall–Kier alpha value is -1.75. The van der Waals surface area contributed by atoms with Crippen LogP contribution in [-0.4, -0.2) is 36.4 Å². The lowest BCUT2D eigenvalue weighted by atomic mass is 9.93. The van der Waals surface area contributed by atoms with Crippen LogP contribution in [0.1, 0.15) is 52.0 Å². The highest BCUT2D eigenvalue weighted by atomic mass is 16.5. The average molecular weight is 348 g/mol. The Kier molecular flexibility index (Phi) is 8.06. The van der Waals surface area contributed by atoms with E-state index in [-0.39, 0.29) is 6.10 Å². The summed E-state index contributed by atoms with van der Waals surface area (Å²) in [6.45, 7) is 8.54. The maximum Gasteiger partial charge on any atom is 0.191 e. The SMILES string of the molecule is CCNC(=NCc1cccc(OCC(C)C)c1)NC1CCC(O)CC1. The molecule has 2 rings (SSSR count). The maximum atomic E-state index is 9.63. The minimum absolute atomic E-state index is 0.133. The average Bonchev–Trinajstić information content (AvgIpc) is 2.60. The third-order valence-electron chi connectivity index (χ3n) is 4.28. The fourth-order valence-electron chi connectivity index (χ4n) is 2.90. The molecular formula is C20H33N3O2. The third-order valence-corrected chi connectivity index (χ3v) is 4.28. The molecule has 0 saturated heterocycles. The van der Waals surface area contributed by atoms with Gasteiger partial charge in [0.1, 0.15) is 5.75 Å². The van der Waals surface area contributed by atoms with E-state index in [9.17, 15) is 5.11 Å². The second kappa shape index (κ2) is 10.3. The van der Waals surface area contributed by atoms with Crippen LogP contribution in [0.2, 0.25) is 0 Å². The van der Waals surface area contributed by atoms with Gasteiger partial charge in [-0.25, -0.2) is 4.99 Å². The van der Waals surface area contributed by atoms with Gasteiger partial charge in [0.05, 0.1) is 19.3 Å². The van der Waals surface area contributed by atoms with E-state index in [4.69, 9.17) is 9.73 Å². The molecule has 1 aliphatic rings. The molecule has 0 spiro atoms. The van der Waals surface area contributed by atoms with Gasteiger partial charge in [-0.3, -0.25) is 0 Å². The fraction of sp³-hybridized carbons (Fsp3) is 0.650. The lowest BCUT2D eigenvalue weighted by Gasteiger charge is -2.27. The van der Waals surface area contributed by atoms with Gasteiger partial charge < -0.3 is 20.5 Å². The molecule has 0 amide bonds. The molecule has 1 aliphatic carbocycles. The standard InChI is InChI=1S/C20H33N3O2/c1-4-21-20(23-17-8-10-18(24)11-9-17)22-13-16-6-5-7-19(12-16)25-14-15(2)3/h5-7,12,15,17-18,24H,4,8-11,13-14H2,1-3H3,(H2,21,22,23). The quantitative estimate of drug-likeness (QED) is 0.524. The first-order chi connectivity index (χ1) is 12.1. The number of hydrogen-bond acceptors (Lipinski definition) is 3. The smallest absolute Gasteiger partial charge is 0.191 e. The fourth-order valence-corrected chi connectivity index (χ4v) is 2.90. The van der Waals surface area contributed by atoms with Gasteiger partial charge in [0.2, 0.25) is 0 Å². The molecule has 1 aromatic rings. The van der Waals surface area contributed by atoms with Crippen molar-refractivity contribution in [3.8, 4) is 5.75 Å². The molecular weight excluding hydrogens is 314 g/mol. The molecule has 5 heteroatoms. The van der Waals surface area contributed by atoms with E-state index < -0.39 is 0 Å². The monoisotopic (exact) mass is 347 g/mol. The van der Waals surface area contributed by atoms with E-state index >= 15 is 0 Å². The van der Waals surface area contributed by atoms with Crippen LogP contribution in [0.15, 0.2) is 29.3 Å². The molecule has 0 heterocycles. The molecule has 0 atom stereocenters. The number of hydrogen-bond donors (Lipinski definition) is 3. The van der Waals surface area contributed by atoms with Gasteiger partial charge in [0.25, 0.3) is 0 Å². The first-order valence-electron chi connectivity index (χ1n) is 9.51. The molecule has 0 aromatic heterocycles. The van der Waals surface area contributed by atoms with E-state index in [1.807, 2.05) is 12.1 Å². The van der Waals surface area contributed by atoms with E-state index in [1.165, 1.54) is 0 Å². The first kappa shape index (κ1) is 19.6. The third kappa shape index (κ3) is 7.34. The van der Waals surface area contributed by atoms with Gasteiger partial charge in [0, 0.05) is 12.6 Å². The number of nitrogens with one attached hydrogen (secondary N) is 2. The number of guanidine groups is 1. The summed E-state index contributed by atoms with van der Waals surface area (Å²) in [6, 6.07) is 8.54. The van der Waals surface area contributed by atoms with Crippen molar-refractivity contribution in [1.82, 2.24) is 10.6 Å². The molecule has 5 nitrogen and oxygen atoms in total. The van der Waals surface area contributed by atoms with E-state index in [2.05, 4.69) is 43.5 Å². The number of nitrogens with zero attached hydrogens (tertiary/aromatic N) is 1. The largest absolute Gasteiger partial charge is 0.493 e. The molecule has 140 valence electrons. The highest BCUT2D eigenvalue weighted by Gasteiger charge is 2.19. The Bertz CT molecular complexity index is 537. The van der Waals surface area contributed by atoms with Gasteiger partial charge in [-0.15, -0.1) is 0 Å². The van der Waals surface area contributed by atoms with Crippen LogP contribution in [-0.2, 0) is 6.54 Å². The molecule has 3 N–H and O–H groups in total. The van der Waals surface area contributed by atoms with E-state index in [0.29, 0.717) is 18.5 Å². The number of rotatable bonds is 7. The Morgan fingerprint density at radius 3 is 2.72 bits per heavy atom. The Balaban J connectivity index is 1.92. The second-order valence-electron chi connectivity index (χ2n) is 7.20. The molecule has 25 heavy (non-hydrogen) atoms. The van der Waals surface area contributed by atoms with E-state index in [1.54, 1.807) is 0 Å². The number of aliphatic imine (C=N–C) groups is 1. The lowest BCUT2D eigenvalue weighted by Crippen LogP contribution is -2.45. The van der Waals surface area contributed by atoms with Gasteiger partial charge in [-0.2, -0.15) is 0 Å². The van der Waals surface area contributed by atoms with Crippen molar-refractivity contribution in [3.63, 3.8) is 0 Å². The number of aliphatic hydroxyl groups is 1. The first-order valence-corrected chi connectivity index (χ1v) is 9.51. The molecule has 1 fully saturated rings. The molecule has 1 aromatic carbocycles. The van der Waals surface area contributed by atoms with Gasteiger partial charge in [0.15, 0.2) is 5.96 Å². The molecule has 0 radical (unpaired) electrons. The highest BCUT2D eigenvalue weighted by Crippen LogP contribution is 2.18. The Morgan fingerprint density at radius 1 is 1.28 bits per heavy atom. The molecule has 0 unspecified atom stereocenters. The van der Waals surface area contributed by atoms with Crippen molar-refractivity contribution < 1.29 is 9.84 Å². The zero-order valence-electron chi connectivity index (χ0n) is 15.8. The Morgan fingerprint density at radius 2 is 2.04 bits per heavy atom. The summed E-state index contributed by atoms with van der Waals surface area (Å²) in [7, 11) is 0. The van der Waals surface area contributed by atoms with Gasteiger partial charge in [-0.05, 0) is 56.2 Å². The normalized spacial score (nSPS) is 21.2. The zero-order chi connectivity index (χ0) is 18.1. The van der Waals surface area contributed by atoms with Crippen molar-refractivity contribution in [3.05, 3.63) is 29.8 Å². The van der Waals surface area contributed by atoms with Crippen LogP contribution in [0.4, 0.5) is 0 Å².